The fraction of sp³-hybridized carbons (Fsp3) is 0.444. The average molecular weight is 348 g/mol. The highest BCUT2D eigenvalue weighted by Gasteiger charge is 2.30. The summed E-state index contributed by atoms with van der Waals surface area (Å²) in [5.74, 6) is 1.01. The summed E-state index contributed by atoms with van der Waals surface area (Å²) in [5.41, 5.74) is 0.717. The summed E-state index contributed by atoms with van der Waals surface area (Å²) in [6.45, 7) is 3.23. The van der Waals surface area contributed by atoms with Gasteiger partial charge < -0.3 is 14.2 Å². The highest BCUT2D eigenvalue weighted by molar-refractivity contribution is 5.93. The van der Waals surface area contributed by atoms with Gasteiger partial charge in [-0.15, -0.1) is 0 Å². The van der Waals surface area contributed by atoms with E-state index in [1.165, 1.54) is 16.1 Å². The van der Waals surface area contributed by atoms with E-state index in [0.29, 0.717) is 31.2 Å². The normalized spacial score (nSPS) is 14.0. The monoisotopic (exact) mass is 348 g/mol. The average Bonchev–Trinajstić information content (AvgIpc) is 3.13. The maximum atomic E-state index is 12.5. The Labute approximate surface area is 147 Å². The first-order chi connectivity index (χ1) is 12.1. The molecule has 1 aromatic carbocycles. The molecule has 1 saturated heterocycles. The van der Waals surface area contributed by atoms with Crippen molar-refractivity contribution in [1.82, 2.24) is 10.0 Å². The number of carbonyl (C=O) groups excluding carboxylic acids is 2. The molecule has 0 aliphatic carbocycles. The number of methoxy groups -OCH3 is 2. The number of ether oxygens (including phenoxy) is 3. The van der Waals surface area contributed by atoms with E-state index in [0.717, 1.165) is 18.4 Å². The van der Waals surface area contributed by atoms with Crippen LogP contribution in [0.2, 0.25) is 0 Å². The fourth-order valence-corrected chi connectivity index (χ4v) is 2.51. The zero-order chi connectivity index (χ0) is 18.2. The van der Waals surface area contributed by atoms with Crippen molar-refractivity contribution in [3.05, 3.63) is 29.8 Å². The fourth-order valence-electron chi connectivity index (χ4n) is 2.51. The molecule has 136 valence electrons. The minimum absolute atomic E-state index is 0.282. The molecule has 0 bridgehead atoms. The minimum atomic E-state index is -0.486. The number of rotatable bonds is 6. The molecule has 1 aromatic rings. The van der Waals surface area contributed by atoms with Gasteiger partial charge >= 0.3 is 6.09 Å². The maximum absolute atomic E-state index is 12.5. The quantitative estimate of drug-likeness (QED) is 0.740. The van der Waals surface area contributed by atoms with Crippen molar-refractivity contribution in [2.24, 2.45) is 0 Å². The molecule has 1 heterocycles. The van der Waals surface area contributed by atoms with Crippen LogP contribution >= 0.6 is 0 Å². The molecule has 2 amide bonds. The minimum Gasteiger partial charge on any atom is -0.497 e. The number of benzene rings is 1. The Bertz CT molecular complexity index is 644. The second-order valence-electron chi connectivity index (χ2n) is 5.49. The number of carbonyl (C=O) groups is 2. The van der Waals surface area contributed by atoms with Gasteiger partial charge in [-0.1, -0.05) is 6.92 Å². The van der Waals surface area contributed by atoms with E-state index in [1.54, 1.807) is 38.5 Å². The van der Waals surface area contributed by atoms with Crippen LogP contribution in [0.4, 0.5) is 4.79 Å². The van der Waals surface area contributed by atoms with E-state index in [9.17, 15) is 9.59 Å². The van der Waals surface area contributed by atoms with Crippen LogP contribution in [0, 0.1) is 0 Å². The van der Waals surface area contributed by atoms with E-state index in [2.05, 4.69) is 0 Å². The molecular weight excluding hydrogens is 324 g/mol. The number of hydrogen-bond donors (Lipinski definition) is 0. The predicted octanol–water partition coefficient (Wildman–Crippen LogP) is 2.71. The topological polar surface area (TPSA) is 68.3 Å². The Kier molecular flexibility index (Phi) is 6.68. The molecule has 1 aliphatic rings. The van der Waals surface area contributed by atoms with Gasteiger partial charge in [0.1, 0.15) is 11.5 Å². The van der Waals surface area contributed by atoms with E-state index in [1.807, 2.05) is 6.92 Å². The molecule has 2 rings (SSSR count). The van der Waals surface area contributed by atoms with Crippen molar-refractivity contribution < 1.29 is 23.8 Å². The van der Waals surface area contributed by atoms with Crippen LogP contribution in [0.25, 0.3) is 6.08 Å². The SMILES string of the molecule is CCCOC(=O)N1CCCN1C(=O)C=Cc1cc(OC)ccc1OC. The van der Waals surface area contributed by atoms with Gasteiger partial charge in [-0.05, 0) is 37.1 Å². The van der Waals surface area contributed by atoms with Crippen LogP contribution in [0.1, 0.15) is 25.3 Å². The number of amides is 2. The Balaban J connectivity index is 2.10. The summed E-state index contributed by atoms with van der Waals surface area (Å²) in [6, 6.07) is 5.33. The van der Waals surface area contributed by atoms with Gasteiger partial charge in [0.25, 0.3) is 5.91 Å². The summed E-state index contributed by atoms with van der Waals surface area (Å²) in [5, 5.41) is 2.76. The molecule has 0 spiro atoms. The van der Waals surface area contributed by atoms with E-state index in [4.69, 9.17) is 14.2 Å². The molecule has 0 N–H and O–H groups in total. The van der Waals surface area contributed by atoms with Crippen molar-refractivity contribution >= 4 is 18.1 Å². The van der Waals surface area contributed by atoms with Gasteiger partial charge in [-0.25, -0.2) is 14.8 Å². The molecule has 7 nitrogen and oxygen atoms in total. The van der Waals surface area contributed by atoms with Gasteiger partial charge in [0.05, 0.1) is 20.8 Å². The summed E-state index contributed by atoms with van der Waals surface area (Å²) in [6.07, 6.45) is 4.05. The first kappa shape index (κ1) is 18.6. The van der Waals surface area contributed by atoms with Gasteiger partial charge in [0, 0.05) is 24.7 Å². The largest absolute Gasteiger partial charge is 0.497 e. The second kappa shape index (κ2) is 8.96. The second-order valence-corrected chi connectivity index (χ2v) is 5.49. The summed E-state index contributed by atoms with van der Waals surface area (Å²) < 4.78 is 15.6. The molecule has 0 unspecified atom stereocenters. The van der Waals surface area contributed by atoms with Gasteiger partial charge in [-0.3, -0.25) is 4.79 Å². The zero-order valence-electron chi connectivity index (χ0n) is 14.9. The molecule has 0 saturated carbocycles. The molecule has 0 aromatic heterocycles. The Morgan fingerprint density at radius 3 is 2.60 bits per heavy atom. The third-order valence-corrected chi connectivity index (χ3v) is 3.77. The van der Waals surface area contributed by atoms with Gasteiger partial charge in [-0.2, -0.15) is 0 Å². The third-order valence-electron chi connectivity index (χ3n) is 3.77. The molecule has 1 aliphatic heterocycles. The Morgan fingerprint density at radius 1 is 1.16 bits per heavy atom. The molecule has 7 heteroatoms. The first-order valence-corrected chi connectivity index (χ1v) is 8.26. The standard InChI is InChI=1S/C18H24N2O5/c1-4-12-25-18(22)20-11-5-10-19(20)17(21)9-6-14-13-15(23-2)7-8-16(14)24-3/h6-9,13H,4-5,10-12H2,1-3H3. The first-order valence-electron chi connectivity index (χ1n) is 8.26. The molecular formula is C18H24N2O5. The van der Waals surface area contributed by atoms with Crippen molar-refractivity contribution in [3.8, 4) is 11.5 Å². The summed E-state index contributed by atoms with van der Waals surface area (Å²) >= 11 is 0. The lowest BCUT2D eigenvalue weighted by atomic mass is 10.1. The van der Waals surface area contributed by atoms with E-state index in [-0.39, 0.29) is 5.91 Å². The van der Waals surface area contributed by atoms with Crippen LogP contribution in [0.5, 0.6) is 11.5 Å². The number of hydrogen-bond acceptors (Lipinski definition) is 5. The molecule has 0 atom stereocenters. The maximum Gasteiger partial charge on any atom is 0.428 e. The van der Waals surface area contributed by atoms with E-state index >= 15 is 0 Å². The molecule has 1 fully saturated rings. The third kappa shape index (κ3) is 4.65. The van der Waals surface area contributed by atoms with Crippen LogP contribution < -0.4 is 9.47 Å². The van der Waals surface area contributed by atoms with Gasteiger partial charge in [0.15, 0.2) is 0 Å². The highest BCUT2D eigenvalue weighted by atomic mass is 16.6. The lowest BCUT2D eigenvalue weighted by molar-refractivity contribution is -0.136. The summed E-state index contributed by atoms with van der Waals surface area (Å²) in [4.78, 5) is 24.5. The molecule has 25 heavy (non-hydrogen) atoms. The summed E-state index contributed by atoms with van der Waals surface area (Å²) in [7, 11) is 3.14. The Hall–Kier alpha value is -2.70. The van der Waals surface area contributed by atoms with Crippen molar-refractivity contribution in [1.29, 1.82) is 0 Å². The van der Waals surface area contributed by atoms with Crippen LogP contribution in [-0.4, -0.2) is 55.9 Å². The van der Waals surface area contributed by atoms with Crippen molar-refractivity contribution in [2.45, 2.75) is 19.8 Å². The lowest BCUT2D eigenvalue weighted by Gasteiger charge is -2.25. The number of hydrazine groups is 1. The van der Waals surface area contributed by atoms with Crippen LogP contribution in [0.15, 0.2) is 24.3 Å². The van der Waals surface area contributed by atoms with Crippen molar-refractivity contribution in [2.75, 3.05) is 33.9 Å². The lowest BCUT2D eigenvalue weighted by Crippen LogP contribution is -2.44. The van der Waals surface area contributed by atoms with Crippen molar-refractivity contribution in [3.63, 3.8) is 0 Å². The Morgan fingerprint density at radius 2 is 1.92 bits per heavy atom. The van der Waals surface area contributed by atoms with Crippen LogP contribution in [0.3, 0.4) is 0 Å². The zero-order valence-corrected chi connectivity index (χ0v) is 14.9. The van der Waals surface area contributed by atoms with Gasteiger partial charge in [0.2, 0.25) is 0 Å². The van der Waals surface area contributed by atoms with E-state index < -0.39 is 6.09 Å². The van der Waals surface area contributed by atoms with Crippen LogP contribution in [-0.2, 0) is 9.53 Å². The molecule has 0 radical (unpaired) electrons. The highest BCUT2D eigenvalue weighted by Crippen LogP contribution is 2.25. The number of nitrogens with zero attached hydrogens (tertiary/aromatic N) is 2. The predicted molar refractivity (Wildman–Crippen MR) is 93.3 cm³/mol. The smallest absolute Gasteiger partial charge is 0.428 e.